The summed E-state index contributed by atoms with van der Waals surface area (Å²) in [4.78, 5) is 41.3. The molecule has 3 amide bonds. The van der Waals surface area contributed by atoms with Crippen molar-refractivity contribution in [2.75, 3.05) is 10.6 Å². The van der Waals surface area contributed by atoms with Gasteiger partial charge in [0.2, 0.25) is 0 Å². The molecule has 3 aromatic carbocycles. The van der Waals surface area contributed by atoms with Gasteiger partial charge in [0.05, 0.1) is 9.80 Å². The lowest BCUT2D eigenvalue weighted by Gasteiger charge is -2.21. The van der Waals surface area contributed by atoms with Crippen LogP contribution in [0.4, 0.5) is 26.7 Å². The molecular weight excluding hydrogens is 589 g/mol. The fourth-order valence-corrected chi connectivity index (χ4v) is 5.56. The Hall–Kier alpha value is -4.46. The molecule has 1 heterocycles. The number of carbonyl (C=O) groups is 2. The molecule has 0 unspecified atom stereocenters. The van der Waals surface area contributed by atoms with Crippen LogP contribution in [0.2, 0.25) is 0 Å². The molecule has 0 bridgehead atoms. The lowest BCUT2D eigenvalue weighted by atomic mass is 10.1. The Kier molecular flexibility index (Phi) is 10.0. The SMILES string of the molecule is CC(C)NC(=O)Nc1ccc(-c2ncc(-c3ccc(NC(=O)Oc4ccc([N+](=O)[O-])cc4)cc3SNC(C)(C)C)s2)cc1. The number of non-ortho nitro benzene ring substituents is 1. The van der Waals surface area contributed by atoms with Crippen molar-refractivity contribution in [1.82, 2.24) is 15.0 Å². The number of nitro groups is 1. The van der Waals surface area contributed by atoms with Gasteiger partial charge in [0.15, 0.2) is 0 Å². The Morgan fingerprint density at radius 1 is 0.977 bits per heavy atom. The highest BCUT2D eigenvalue weighted by Crippen LogP contribution is 2.39. The average Bonchev–Trinajstić information content (AvgIpc) is 3.42. The molecule has 0 spiro atoms. The highest BCUT2D eigenvalue weighted by Gasteiger charge is 2.17. The van der Waals surface area contributed by atoms with Crippen LogP contribution in [-0.2, 0) is 0 Å². The van der Waals surface area contributed by atoms with Crippen molar-refractivity contribution in [2.24, 2.45) is 0 Å². The van der Waals surface area contributed by atoms with E-state index < -0.39 is 11.0 Å². The number of nitro benzene ring substituents is 1. The van der Waals surface area contributed by atoms with E-state index in [2.05, 4.69) is 46.4 Å². The lowest BCUT2D eigenvalue weighted by Crippen LogP contribution is -2.34. The summed E-state index contributed by atoms with van der Waals surface area (Å²) in [5, 5.41) is 20.0. The van der Waals surface area contributed by atoms with E-state index in [1.165, 1.54) is 47.6 Å². The minimum absolute atomic E-state index is 0.0377. The normalized spacial score (nSPS) is 11.2. The monoisotopic (exact) mass is 620 g/mol. The molecule has 0 aliphatic carbocycles. The van der Waals surface area contributed by atoms with Crippen LogP contribution in [0.15, 0.2) is 77.8 Å². The van der Waals surface area contributed by atoms with Crippen molar-refractivity contribution >= 4 is 52.5 Å². The Balaban J connectivity index is 1.51. The van der Waals surface area contributed by atoms with E-state index in [1.54, 1.807) is 6.07 Å². The average molecular weight is 621 g/mol. The number of rotatable bonds is 9. The molecule has 4 N–H and O–H groups in total. The van der Waals surface area contributed by atoms with E-state index in [0.29, 0.717) is 11.4 Å². The van der Waals surface area contributed by atoms with Crippen molar-refractivity contribution in [3.8, 4) is 26.8 Å². The number of carbonyl (C=O) groups excluding carboxylic acids is 2. The second kappa shape index (κ2) is 13.7. The zero-order chi connectivity index (χ0) is 31.1. The van der Waals surface area contributed by atoms with Gasteiger partial charge < -0.3 is 15.4 Å². The van der Waals surface area contributed by atoms with E-state index in [9.17, 15) is 19.7 Å². The molecule has 11 nitrogen and oxygen atoms in total. The summed E-state index contributed by atoms with van der Waals surface area (Å²) < 4.78 is 8.71. The van der Waals surface area contributed by atoms with Crippen LogP contribution in [0.1, 0.15) is 34.6 Å². The lowest BCUT2D eigenvalue weighted by molar-refractivity contribution is -0.384. The predicted octanol–water partition coefficient (Wildman–Crippen LogP) is 7.92. The van der Waals surface area contributed by atoms with Crippen LogP contribution in [0.5, 0.6) is 5.75 Å². The fourth-order valence-electron chi connectivity index (χ4n) is 3.64. The number of benzene rings is 3. The highest BCUT2D eigenvalue weighted by molar-refractivity contribution is 7.97. The van der Waals surface area contributed by atoms with Crippen molar-refractivity contribution in [2.45, 2.75) is 51.1 Å². The molecule has 224 valence electrons. The van der Waals surface area contributed by atoms with E-state index in [1.807, 2.05) is 56.4 Å². The third-order valence-electron chi connectivity index (χ3n) is 5.53. The van der Waals surface area contributed by atoms with Crippen LogP contribution in [0.25, 0.3) is 21.0 Å². The maximum Gasteiger partial charge on any atom is 0.417 e. The van der Waals surface area contributed by atoms with Crippen molar-refractivity contribution in [1.29, 1.82) is 0 Å². The van der Waals surface area contributed by atoms with E-state index in [4.69, 9.17) is 4.74 Å². The van der Waals surface area contributed by atoms with Crippen LogP contribution >= 0.6 is 23.3 Å². The molecule has 4 rings (SSSR count). The number of aromatic nitrogens is 1. The molecule has 0 aliphatic rings. The first-order valence-electron chi connectivity index (χ1n) is 13.3. The maximum atomic E-state index is 12.5. The topological polar surface area (TPSA) is 148 Å². The fraction of sp³-hybridized carbons (Fsp3) is 0.233. The molecule has 13 heteroatoms. The number of thiazole rings is 1. The van der Waals surface area contributed by atoms with E-state index in [0.717, 1.165) is 25.9 Å². The van der Waals surface area contributed by atoms with E-state index >= 15 is 0 Å². The Labute approximate surface area is 257 Å². The summed E-state index contributed by atoms with van der Waals surface area (Å²) >= 11 is 2.97. The minimum atomic E-state index is -0.721. The molecule has 0 saturated heterocycles. The zero-order valence-electron chi connectivity index (χ0n) is 24.3. The quantitative estimate of drug-likeness (QED) is 0.0838. The van der Waals surface area contributed by atoms with Crippen molar-refractivity contribution in [3.05, 3.63) is 83.0 Å². The summed E-state index contributed by atoms with van der Waals surface area (Å²) in [5.74, 6) is 0.184. The number of hydrogen-bond donors (Lipinski definition) is 4. The van der Waals surface area contributed by atoms with Gasteiger partial charge in [0.1, 0.15) is 10.8 Å². The van der Waals surface area contributed by atoms with Gasteiger partial charge in [-0.25, -0.2) is 14.6 Å². The number of anilines is 2. The van der Waals surface area contributed by atoms with Crippen LogP contribution < -0.4 is 25.4 Å². The largest absolute Gasteiger partial charge is 0.417 e. The summed E-state index contributed by atoms with van der Waals surface area (Å²) in [5.41, 5.74) is 2.77. The molecule has 0 atom stereocenters. The van der Waals surface area contributed by atoms with E-state index in [-0.39, 0.29) is 29.0 Å². The maximum absolute atomic E-state index is 12.5. The summed E-state index contributed by atoms with van der Waals surface area (Å²) in [6.45, 7) is 9.96. The molecule has 0 radical (unpaired) electrons. The number of amides is 3. The minimum Gasteiger partial charge on any atom is -0.410 e. The molecule has 43 heavy (non-hydrogen) atoms. The molecule has 0 saturated carbocycles. The number of nitrogens with one attached hydrogen (secondary N) is 4. The van der Waals surface area contributed by atoms with Crippen LogP contribution in [-0.4, -0.2) is 33.6 Å². The Bertz CT molecular complexity index is 1600. The van der Waals surface area contributed by atoms with Gasteiger partial charge >= 0.3 is 12.1 Å². The standard InChI is InChI=1S/C30H32N6O5S2/c1-18(2)32-28(37)33-20-8-6-19(7-9-20)27-31-17-26(42-27)24-15-10-21(16-25(24)43-35-30(3,4)5)34-29(38)41-23-13-11-22(12-14-23)36(39)40/h6-18,35H,1-5H3,(H,34,38)(H2,32,33,37). The van der Waals surface area contributed by atoms with Crippen LogP contribution in [0.3, 0.4) is 0 Å². The van der Waals surface area contributed by atoms with Crippen molar-refractivity contribution in [3.63, 3.8) is 0 Å². The molecular formula is C30H32N6O5S2. The number of urea groups is 1. The predicted molar refractivity (Wildman–Crippen MR) is 172 cm³/mol. The van der Waals surface area contributed by atoms with Gasteiger partial charge in [-0.2, -0.15) is 0 Å². The molecule has 0 aliphatic heterocycles. The van der Waals surface area contributed by atoms with Gasteiger partial charge in [-0.3, -0.25) is 20.2 Å². The van der Waals surface area contributed by atoms with Gasteiger partial charge in [0, 0.05) is 57.3 Å². The van der Waals surface area contributed by atoms with Gasteiger partial charge in [-0.05, 0) is 95.1 Å². The number of nitrogens with zero attached hydrogens (tertiary/aromatic N) is 2. The zero-order valence-corrected chi connectivity index (χ0v) is 25.9. The first kappa shape index (κ1) is 31.5. The summed E-state index contributed by atoms with van der Waals surface area (Å²) in [7, 11) is 0. The number of hydrogen-bond acceptors (Lipinski definition) is 9. The molecule has 0 fully saturated rings. The van der Waals surface area contributed by atoms with Gasteiger partial charge in [-0.15, -0.1) is 11.3 Å². The van der Waals surface area contributed by atoms with Crippen molar-refractivity contribution < 1.29 is 19.2 Å². The Morgan fingerprint density at radius 2 is 1.65 bits per heavy atom. The Morgan fingerprint density at radius 3 is 2.28 bits per heavy atom. The highest BCUT2D eigenvalue weighted by atomic mass is 32.2. The third-order valence-corrected chi connectivity index (χ3v) is 7.89. The second-order valence-corrected chi connectivity index (χ2v) is 12.7. The summed E-state index contributed by atoms with van der Waals surface area (Å²) in [6.07, 6.45) is 1.09. The number of ether oxygens (including phenoxy) is 1. The third kappa shape index (κ3) is 9.26. The second-order valence-electron chi connectivity index (χ2n) is 10.8. The molecule has 4 aromatic rings. The van der Waals surface area contributed by atoms with Crippen LogP contribution in [0, 0.1) is 10.1 Å². The first-order valence-corrected chi connectivity index (χ1v) is 14.9. The van der Waals surface area contributed by atoms with Gasteiger partial charge in [0.25, 0.3) is 5.69 Å². The first-order chi connectivity index (χ1) is 20.4. The smallest absolute Gasteiger partial charge is 0.410 e. The summed E-state index contributed by atoms with van der Waals surface area (Å²) in [6, 6.07) is 18.1. The molecule has 1 aromatic heterocycles. The van der Waals surface area contributed by atoms with Gasteiger partial charge in [-0.1, -0.05) is 6.07 Å².